The Bertz CT molecular complexity index is 720. The molecule has 2 heterocycles. The fraction of sp³-hybridized carbons (Fsp3) is 0.389. The Hall–Kier alpha value is -2.45. The molecule has 3 N–H and O–H groups in total. The van der Waals surface area contributed by atoms with Gasteiger partial charge >= 0.3 is 11.9 Å². The highest BCUT2D eigenvalue weighted by molar-refractivity contribution is 7.22. The van der Waals surface area contributed by atoms with Gasteiger partial charge in [-0.2, -0.15) is 0 Å². The molecule has 0 spiro atoms. The largest absolute Gasteiger partial charge is 0.478 e. The van der Waals surface area contributed by atoms with Gasteiger partial charge in [-0.15, -0.1) is 0 Å². The van der Waals surface area contributed by atoms with Crippen molar-refractivity contribution in [2.24, 2.45) is 0 Å². The zero-order chi connectivity index (χ0) is 18.9. The molecule has 0 unspecified atom stereocenters. The zero-order valence-corrected chi connectivity index (χ0v) is 15.4. The second-order valence-electron chi connectivity index (χ2n) is 5.74. The van der Waals surface area contributed by atoms with E-state index in [1.807, 2.05) is 11.3 Å². The number of nitrogens with one attached hydrogen (secondary N) is 1. The van der Waals surface area contributed by atoms with Crippen LogP contribution in [0.25, 0.3) is 10.2 Å². The number of nitrogens with zero attached hydrogens (tertiary/aromatic N) is 2. The molecule has 0 aliphatic carbocycles. The van der Waals surface area contributed by atoms with Gasteiger partial charge in [-0.3, -0.25) is 0 Å². The molecule has 2 aromatic rings. The number of carboxylic acids is 2. The van der Waals surface area contributed by atoms with Crippen LogP contribution >= 0.6 is 11.3 Å². The van der Waals surface area contributed by atoms with Crippen LogP contribution in [0.4, 0.5) is 5.13 Å². The van der Waals surface area contributed by atoms with Gasteiger partial charge < -0.3 is 20.4 Å². The highest BCUT2D eigenvalue weighted by Gasteiger charge is 2.22. The topological polar surface area (TPSA) is 103 Å². The summed E-state index contributed by atoms with van der Waals surface area (Å²) >= 11 is 1.82. The van der Waals surface area contributed by atoms with Gasteiger partial charge in [0, 0.05) is 24.7 Å². The molecule has 1 aromatic carbocycles. The van der Waals surface area contributed by atoms with Gasteiger partial charge in [0.25, 0.3) is 0 Å². The van der Waals surface area contributed by atoms with Crippen LogP contribution in [-0.2, 0) is 9.59 Å². The van der Waals surface area contributed by atoms with Crippen molar-refractivity contribution in [3.8, 4) is 0 Å². The molecule has 1 aromatic heterocycles. The molecule has 1 aliphatic rings. The van der Waals surface area contributed by atoms with Crippen LogP contribution in [0.3, 0.4) is 0 Å². The molecule has 1 aliphatic heterocycles. The molecule has 1 saturated heterocycles. The lowest BCUT2D eigenvalue weighted by Gasteiger charge is -2.33. The van der Waals surface area contributed by atoms with E-state index in [0.717, 1.165) is 25.2 Å². The Morgan fingerprint density at radius 2 is 1.85 bits per heavy atom. The Kier molecular flexibility index (Phi) is 7.55. The third kappa shape index (κ3) is 5.82. The lowest BCUT2D eigenvalue weighted by atomic mass is 10.1. The molecular formula is C18H23N3O4S. The van der Waals surface area contributed by atoms with Gasteiger partial charge in [-0.1, -0.05) is 23.5 Å². The number of rotatable bonds is 5. The Balaban J connectivity index is 0.000000260. The highest BCUT2D eigenvalue weighted by Crippen LogP contribution is 2.31. The summed E-state index contributed by atoms with van der Waals surface area (Å²) in [6, 6.07) is 9.06. The van der Waals surface area contributed by atoms with Gasteiger partial charge in [0.15, 0.2) is 5.13 Å². The van der Waals surface area contributed by atoms with Gasteiger partial charge in [0.2, 0.25) is 0 Å². The minimum Gasteiger partial charge on any atom is -0.478 e. The van der Waals surface area contributed by atoms with Crippen LogP contribution in [0.1, 0.15) is 19.8 Å². The Morgan fingerprint density at radius 1 is 1.23 bits per heavy atom. The fourth-order valence-electron chi connectivity index (χ4n) is 2.79. The van der Waals surface area contributed by atoms with Crippen molar-refractivity contribution in [3.05, 3.63) is 36.4 Å². The SMILES string of the molecule is CCN(c1nc2ccccc2s1)C1CCNCC1.O=C(O)/C=C\C(=O)O. The first-order valence-electron chi connectivity index (χ1n) is 8.48. The molecular weight excluding hydrogens is 354 g/mol. The van der Waals surface area contributed by atoms with E-state index in [1.54, 1.807) is 0 Å². The smallest absolute Gasteiger partial charge is 0.328 e. The number of carboxylic acid groups (broad SMARTS) is 2. The number of hydrogen-bond acceptors (Lipinski definition) is 6. The molecule has 8 heteroatoms. The average Bonchev–Trinajstić information content (AvgIpc) is 3.06. The van der Waals surface area contributed by atoms with E-state index in [-0.39, 0.29) is 0 Å². The van der Waals surface area contributed by atoms with Gasteiger partial charge in [-0.05, 0) is 45.0 Å². The molecule has 3 rings (SSSR count). The standard InChI is InChI=1S/C14H19N3S.C4H4O4/c1-2-17(11-7-9-15-10-8-11)14-16-12-5-3-4-6-13(12)18-14;5-3(6)1-2-4(7)8/h3-6,11,15H,2,7-10H2,1H3;1-2H,(H,5,6)(H,7,8)/b;2-1-. The third-order valence-electron chi connectivity index (χ3n) is 3.99. The third-order valence-corrected chi connectivity index (χ3v) is 5.06. The summed E-state index contributed by atoms with van der Waals surface area (Å²) in [5.41, 5.74) is 1.13. The number of carbonyl (C=O) groups is 2. The fourth-order valence-corrected chi connectivity index (χ4v) is 3.89. The lowest BCUT2D eigenvalue weighted by Crippen LogP contribution is -2.43. The number of para-hydroxylation sites is 1. The maximum atomic E-state index is 9.55. The molecule has 140 valence electrons. The minimum absolute atomic E-state index is 0.558. The van der Waals surface area contributed by atoms with Crippen LogP contribution in [0.2, 0.25) is 0 Å². The molecule has 7 nitrogen and oxygen atoms in total. The summed E-state index contributed by atoms with van der Waals surface area (Å²) in [5.74, 6) is -2.51. The number of benzene rings is 1. The molecule has 0 amide bonds. The summed E-state index contributed by atoms with van der Waals surface area (Å²) in [6.45, 7) is 5.54. The Labute approximate surface area is 156 Å². The number of aromatic nitrogens is 1. The first kappa shape index (κ1) is 19.9. The van der Waals surface area contributed by atoms with Crippen molar-refractivity contribution < 1.29 is 19.8 Å². The molecule has 26 heavy (non-hydrogen) atoms. The molecule has 0 saturated carbocycles. The van der Waals surface area contributed by atoms with E-state index >= 15 is 0 Å². The summed E-state index contributed by atoms with van der Waals surface area (Å²) < 4.78 is 1.29. The van der Waals surface area contributed by atoms with E-state index in [2.05, 4.69) is 41.4 Å². The quantitative estimate of drug-likeness (QED) is 0.688. The van der Waals surface area contributed by atoms with Crippen molar-refractivity contribution in [2.75, 3.05) is 24.5 Å². The molecule has 1 fully saturated rings. The predicted molar refractivity (Wildman–Crippen MR) is 103 cm³/mol. The number of anilines is 1. The average molecular weight is 377 g/mol. The minimum atomic E-state index is -1.26. The van der Waals surface area contributed by atoms with E-state index in [9.17, 15) is 9.59 Å². The first-order valence-corrected chi connectivity index (χ1v) is 9.29. The van der Waals surface area contributed by atoms with Crippen LogP contribution in [0, 0.1) is 0 Å². The van der Waals surface area contributed by atoms with E-state index in [1.165, 1.54) is 22.7 Å². The van der Waals surface area contributed by atoms with Crippen molar-refractivity contribution in [3.63, 3.8) is 0 Å². The highest BCUT2D eigenvalue weighted by atomic mass is 32.1. The van der Waals surface area contributed by atoms with Crippen LogP contribution < -0.4 is 10.2 Å². The van der Waals surface area contributed by atoms with Gasteiger partial charge in [-0.25, -0.2) is 14.6 Å². The summed E-state index contributed by atoms with van der Waals surface area (Å²) in [6.07, 6.45) is 3.57. The first-order chi connectivity index (χ1) is 12.5. The van der Waals surface area contributed by atoms with E-state index in [0.29, 0.717) is 18.2 Å². The monoisotopic (exact) mass is 377 g/mol. The van der Waals surface area contributed by atoms with Gasteiger partial charge in [0.1, 0.15) is 0 Å². The number of fused-ring (bicyclic) bond motifs is 1. The number of aliphatic carboxylic acids is 2. The van der Waals surface area contributed by atoms with E-state index < -0.39 is 11.9 Å². The van der Waals surface area contributed by atoms with Crippen molar-refractivity contribution in [2.45, 2.75) is 25.8 Å². The normalized spacial score (nSPS) is 14.8. The second-order valence-corrected chi connectivity index (χ2v) is 6.75. The summed E-state index contributed by atoms with van der Waals surface area (Å²) in [5, 5.41) is 20.2. The number of thiazole rings is 1. The lowest BCUT2D eigenvalue weighted by molar-refractivity contribution is -0.134. The van der Waals surface area contributed by atoms with Crippen molar-refractivity contribution >= 4 is 38.6 Å². The van der Waals surface area contributed by atoms with Crippen molar-refractivity contribution in [1.29, 1.82) is 0 Å². The Morgan fingerprint density at radius 3 is 2.38 bits per heavy atom. The maximum absolute atomic E-state index is 9.55. The predicted octanol–water partition coefficient (Wildman–Crippen LogP) is 2.59. The number of hydrogen-bond donors (Lipinski definition) is 3. The summed E-state index contributed by atoms with van der Waals surface area (Å²) in [4.78, 5) is 26.4. The summed E-state index contributed by atoms with van der Waals surface area (Å²) in [7, 11) is 0. The van der Waals surface area contributed by atoms with Crippen LogP contribution in [0.15, 0.2) is 36.4 Å². The maximum Gasteiger partial charge on any atom is 0.328 e. The van der Waals surface area contributed by atoms with Crippen molar-refractivity contribution in [1.82, 2.24) is 10.3 Å². The molecule has 0 bridgehead atoms. The van der Waals surface area contributed by atoms with E-state index in [4.69, 9.17) is 15.2 Å². The van der Waals surface area contributed by atoms with Crippen LogP contribution in [0.5, 0.6) is 0 Å². The number of piperidine rings is 1. The second kappa shape index (κ2) is 9.88. The van der Waals surface area contributed by atoms with Crippen LogP contribution in [-0.4, -0.2) is 52.8 Å². The zero-order valence-electron chi connectivity index (χ0n) is 14.6. The van der Waals surface area contributed by atoms with Gasteiger partial charge in [0.05, 0.1) is 10.2 Å². The molecule has 0 radical (unpaired) electrons. The molecule has 0 atom stereocenters.